The standard InChI is InChI=1S/C12H15BBrFO2S/c1-11(2)12(3,4)17-13(16-11)10(15)6-9-5-8(14)7-18-9/h5-7H,1-4H3. The normalized spacial score (nSPS) is 22.6. The molecule has 18 heavy (non-hydrogen) atoms. The molecule has 0 atom stereocenters. The van der Waals surface area contributed by atoms with E-state index in [0.29, 0.717) is 0 Å². The summed E-state index contributed by atoms with van der Waals surface area (Å²) >= 11 is 4.80. The summed E-state index contributed by atoms with van der Waals surface area (Å²) in [6.07, 6.45) is 1.46. The lowest BCUT2D eigenvalue weighted by atomic mass is 9.87. The molecule has 2 heterocycles. The van der Waals surface area contributed by atoms with Gasteiger partial charge in [0, 0.05) is 14.7 Å². The van der Waals surface area contributed by atoms with Crippen LogP contribution in [-0.2, 0) is 9.31 Å². The first kappa shape index (κ1) is 14.2. The monoisotopic (exact) mass is 332 g/mol. The molecule has 1 aromatic heterocycles. The van der Waals surface area contributed by atoms with Gasteiger partial charge in [-0.1, -0.05) is 0 Å². The van der Waals surface area contributed by atoms with Crippen LogP contribution in [-0.4, -0.2) is 18.3 Å². The van der Waals surface area contributed by atoms with E-state index >= 15 is 0 Å². The van der Waals surface area contributed by atoms with Gasteiger partial charge >= 0.3 is 7.12 Å². The van der Waals surface area contributed by atoms with Crippen molar-refractivity contribution in [1.82, 2.24) is 0 Å². The van der Waals surface area contributed by atoms with Crippen molar-refractivity contribution in [3.63, 3.8) is 0 Å². The molecule has 0 bridgehead atoms. The zero-order valence-electron chi connectivity index (χ0n) is 10.8. The molecule has 1 aliphatic heterocycles. The lowest BCUT2D eigenvalue weighted by Gasteiger charge is -2.32. The van der Waals surface area contributed by atoms with Gasteiger partial charge in [0.1, 0.15) is 5.73 Å². The number of hydrogen-bond donors (Lipinski definition) is 0. The van der Waals surface area contributed by atoms with Crippen molar-refractivity contribution in [3.05, 3.63) is 26.5 Å². The Morgan fingerprint density at radius 3 is 2.33 bits per heavy atom. The Kier molecular flexibility index (Phi) is 3.75. The maximum Gasteiger partial charge on any atom is 0.525 e. The van der Waals surface area contributed by atoms with Crippen LogP contribution in [0.15, 0.2) is 21.6 Å². The Labute approximate surface area is 119 Å². The van der Waals surface area contributed by atoms with E-state index in [0.717, 1.165) is 9.35 Å². The van der Waals surface area contributed by atoms with Crippen molar-refractivity contribution in [2.75, 3.05) is 0 Å². The van der Waals surface area contributed by atoms with E-state index in [2.05, 4.69) is 15.9 Å². The second-order valence-corrected chi connectivity index (χ2v) is 7.14. The minimum atomic E-state index is -0.920. The zero-order chi connectivity index (χ0) is 13.6. The molecule has 98 valence electrons. The lowest BCUT2D eigenvalue weighted by molar-refractivity contribution is 0.00578. The number of hydrogen-bond acceptors (Lipinski definition) is 3. The number of rotatable bonds is 2. The molecular weight excluding hydrogens is 318 g/mol. The summed E-state index contributed by atoms with van der Waals surface area (Å²) in [6.45, 7) is 7.62. The third-order valence-corrected chi connectivity index (χ3v) is 4.99. The van der Waals surface area contributed by atoms with Gasteiger partial charge in [-0.05, 0) is 55.8 Å². The molecule has 2 rings (SSSR count). The predicted molar refractivity (Wildman–Crippen MR) is 77.2 cm³/mol. The first-order valence-electron chi connectivity index (χ1n) is 5.68. The highest BCUT2D eigenvalue weighted by molar-refractivity contribution is 9.10. The summed E-state index contributed by atoms with van der Waals surface area (Å²) in [5.41, 5.74) is -1.43. The first-order chi connectivity index (χ1) is 8.21. The van der Waals surface area contributed by atoms with Gasteiger partial charge in [0.25, 0.3) is 0 Å². The molecule has 0 aliphatic carbocycles. The first-order valence-corrected chi connectivity index (χ1v) is 7.35. The van der Waals surface area contributed by atoms with Crippen molar-refractivity contribution in [2.24, 2.45) is 0 Å². The third-order valence-electron chi connectivity index (χ3n) is 3.35. The van der Waals surface area contributed by atoms with Crippen LogP contribution in [0.3, 0.4) is 0 Å². The number of thiophene rings is 1. The molecule has 0 saturated carbocycles. The van der Waals surface area contributed by atoms with E-state index in [-0.39, 0.29) is 0 Å². The van der Waals surface area contributed by atoms with Crippen LogP contribution in [0, 0.1) is 0 Å². The van der Waals surface area contributed by atoms with E-state index in [1.54, 1.807) is 0 Å². The largest absolute Gasteiger partial charge is 0.525 e. The molecule has 0 radical (unpaired) electrons. The van der Waals surface area contributed by atoms with E-state index in [9.17, 15) is 4.39 Å². The fourth-order valence-electron chi connectivity index (χ4n) is 1.56. The quantitative estimate of drug-likeness (QED) is 0.745. The second-order valence-electron chi connectivity index (χ2n) is 5.28. The minimum Gasteiger partial charge on any atom is -0.398 e. The van der Waals surface area contributed by atoms with Gasteiger partial charge in [-0.25, -0.2) is 4.39 Å². The van der Waals surface area contributed by atoms with Crippen LogP contribution in [0.25, 0.3) is 6.08 Å². The van der Waals surface area contributed by atoms with Crippen LogP contribution >= 0.6 is 27.3 Å². The Hall–Kier alpha value is -0.165. The maximum atomic E-state index is 14.1. The van der Waals surface area contributed by atoms with Gasteiger partial charge in [-0.2, -0.15) is 0 Å². The Morgan fingerprint density at radius 1 is 1.33 bits per heavy atom. The van der Waals surface area contributed by atoms with Crippen molar-refractivity contribution >= 4 is 40.5 Å². The highest BCUT2D eigenvalue weighted by atomic mass is 79.9. The highest BCUT2D eigenvalue weighted by Gasteiger charge is 2.53. The minimum absolute atomic E-state index is 0.400. The third kappa shape index (κ3) is 2.71. The molecule has 1 fully saturated rings. The van der Waals surface area contributed by atoms with Gasteiger partial charge in [-0.15, -0.1) is 11.3 Å². The predicted octanol–water partition coefficient (Wildman–Crippen LogP) is 4.45. The molecule has 0 amide bonds. The van der Waals surface area contributed by atoms with Gasteiger partial charge in [0.2, 0.25) is 0 Å². The molecular formula is C12H15BBrFO2S. The van der Waals surface area contributed by atoms with E-state index in [1.807, 2.05) is 39.1 Å². The van der Waals surface area contributed by atoms with E-state index in [4.69, 9.17) is 9.31 Å². The zero-order valence-corrected chi connectivity index (χ0v) is 13.2. The van der Waals surface area contributed by atoms with E-state index in [1.165, 1.54) is 17.4 Å². The second kappa shape index (κ2) is 4.74. The molecule has 2 nitrogen and oxygen atoms in total. The van der Waals surface area contributed by atoms with Gasteiger partial charge in [0.05, 0.1) is 11.2 Å². The molecule has 0 N–H and O–H groups in total. The molecule has 0 unspecified atom stereocenters. The summed E-state index contributed by atoms with van der Waals surface area (Å²) < 4.78 is 26.3. The average Bonchev–Trinajstić information content (AvgIpc) is 2.70. The molecule has 1 saturated heterocycles. The summed E-state index contributed by atoms with van der Waals surface area (Å²) in [5, 5.41) is 1.91. The maximum absolute atomic E-state index is 14.1. The SMILES string of the molecule is CC1(C)OB(C(F)=Cc2cc(Br)cs2)OC1(C)C. The summed E-state index contributed by atoms with van der Waals surface area (Å²) in [4.78, 5) is 0.828. The fraction of sp³-hybridized carbons (Fsp3) is 0.500. The number of halogens is 2. The fourth-order valence-corrected chi connectivity index (χ4v) is 2.93. The van der Waals surface area contributed by atoms with E-state index < -0.39 is 24.0 Å². The summed E-state index contributed by atoms with van der Waals surface area (Å²) in [6, 6.07) is 1.86. The van der Waals surface area contributed by atoms with Crippen molar-refractivity contribution in [1.29, 1.82) is 0 Å². The molecule has 0 spiro atoms. The Bertz CT molecular complexity index is 468. The van der Waals surface area contributed by atoms with Gasteiger partial charge in [0.15, 0.2) is 0 Å². The van der Waals surface area contributed by atoms with Crippen molar-refractivity contribution in [2.45, 2.75) is 38.9 Å². The topological polar surface area (TPSA) is 18.5 Å². The molecule has 1 aromatic rings. The summed E-state index contributed by atoms with van der Waals surface area (Å²) in [5.74, 6) is 0. The molecule has 1 aliphatic rings. The van der Waals surface area contributed by atoms with Crippen LogP contribution < -0.4 is 0 Å². The Morgan fingerprint density at radius 2 is 1.89 bits per heavy atom. The Balaban J connectivity index is 2.17. The van der Waals surface area contributed by atoms with Crippen LogP contribution in [0.4, 0.5) is 4.39 Å². The average molecular weight is 333 g/mol. The van der Waals surface area contributed by atoms with Gasteiger partial charge < -0.3 is 9.31 Å². The van der Waals surface area contributed by atoms with Crippen LogP contribution in [0.1, 0.15) is 32.6 Å². The van der Waals surface area contributed by atoms with Crippen molar-refractivity contribution < 1.29 is 13.7 Å². The van der Waals surface area contributed by atoms with Crippen LogP contribution in [0.5, 0.6) is 0 Å². The van der Waals surface area contributed by atoms with Crippen molar-refractivity contribution in [3.8, 4) is 0 Å². The lowest BCUT2D eigenvalue weighted by Crippen LogP contribution is -2.41. The van der Waals surface area contributed by atoms with Crippen LogP contribution in [0.2, 0.25) is 0 Å². The molecule has 6 heteroatoms. The summed E-state index contributed by atoms with van der Waals surface area (Å²) in [7, 11) is -0.920. The molecule has 0 aromatic carbocycles. The smallest absolute Gasteiger partial charge is 0.398 e. The van der Waals surface area contributed by atoms with Gasteiger partial charge in [-0.3, -0.25) is 0 Å². The highest BCUT2D eigenvalue weighted by Crippen LogP contribution is 2.39.